The monoisotopic (exact) mass is 342 g/mol. The summed E-state index contributed by atoms with van der Waals surface area (Å²) in [5, 5.41) is 8.16. The number of likely N-dealkylation sites (tertiary alicyclic amines) is 1. The van der Waals surface area contributed by atoms with E-state index in [2.05, 4.69) is 10.3 Å². The molecule has 1 amide bonds. The maximum atomic E-state index is 13.3. The van der Waals surface area contributed by atoms with Crippen molar-refractivity contribution < 1.29 is 13.6 Å². The number of hydrogen-bond acceptors (Lipinski definition) is 3. The van der Waals surface area contributed by atoms with Crippen molar-refractivity contribution in [2.24, 2.45) is 0 Å². The van der Waals surface area contributed by atoms with Crippen molar-refractivity contribution in [1.29, 1.82) is 0 Å². The van der Waals surface area contributed by atoms with E-state index in [1.165, 1.54) is 30.3 Å². The molecule has 3 aromatic rings. The van der Waals surface area contributed by atoms with E-state index in [1.54, 1.807) is 21.7 Å². The number of benzene rings is 2. The van der Waals surface area contributed by atoms with Crippen LogP contribution >= 0.6 is 0 Å². The predicted octanol–water partition coefficient (Wildman–Crippen LogP) is 3.19. The van der Waals surface area contributed by atoms with Gasteiger partial charge in [0.15, 0.2) is 0 Å². The van der Waals surface area contributed by atoms with Gasteiger partial charge in [-0.15, -0.1) is 5.10 Å². The summed E-state index contributed by atoms with van der Waals surface area (Å²) in [6.45, 7) is 1.12. The van der Waals surface area contributed by atoms with Crippen molar-refractivity contribution in [2.45, 2.75) is 18.9 Å². The number of halogens is 2. The van der Waals surface area contributed by atoms with E-state index in [0.717, 1.165) is 18.4 Å². The molecule has 0 aliphatic carbocycles. The first kappa shape index (κ1) is 15.7. The smallest absolute Gasteiger partial charge is 0.253 e. The Bertz CT molecular complexity index is 932. The number of rotatable bonds is 2. The van der Waals surface area contributed by atoms with Crippen LogP contribution in [0.3, 0.4) is 0 Å². The molecule has 0 N–H and O–H groups in total. The minimum Gasteiger partial charge on any atom is -0.338 e. The van der Waals surface area contributed by atoms with Gasteiger partial charge in [0.25, 0.3) is 5.91 Å². The lowest BCUT2D eigenvalue weighted by atomic mass is 10.0. The number of hydrogen-bond donors (Lipinski definition) is 0. The minimum atomic E-state index is -0.415. The molecule has 128 valence electrons. The van der Waals surface area contributed by atoms with E-state index in [-0.39, 0.29) is 17.8 Å². The highest BCUT2D eigenvalue weighted by Gasteiger charge is 2.26. The second-order valence-corrected chi connectivity index (χ2v) is 6.20. The van der Waals surface area contributed by atoms with Crippen LogP contribution < -0.4 is 0 Å². The Balaban J connectivity index is 1.48. The second kappa shape index (κ2) is 6.23. The molecular weight excluding hydrogens is 326 g/mol. The Morgan fingerprint density at radius 3 is 2.56 bits per heavy atom. The van der Waals surface area contributed by atoms with Gasteiger partial charge >= 0.3 is 0 Å². The first-order chi connectivity index (χ1) is 12.1. The first-order valence-corrected chi connectivity index (χ1v) is 8.17. The van der Waals surface area contributed by atoms with Crippen LogP contribution in [0.4, 0.5) is 8.78 Å². The Kier molecular flexibility index (Phi) is 3.91. The lowest BCUT2D eigenvalue weighted by molar-refractivity contribution is 0.0690. The van der Waals surface area contributed by atoms with Crippen LogP contribution in [0.15, 0.2) is 42.5 Å². The normalized spacial score (nSPS) is 15.7. The average molecular weight is 342 g/mol. The van der Waals surface area contributed by atoms with Gasteiger partial charge in [0.1, 0.15) is 17.2 Å². The number of aromatic nitrogens is 3. The Morgan fingerprint density at radius 2 is 1.80 bits per heavy atom. The molecule has 4 rings (SSSR count). The zero-order valence-electron chi connectivity index (χ0n) is 13.4. The molecule has 1 aromatic heterocycles. The maximum absolute atomic E-state index is 13.3. The summed E-state index contributed by atoms with van der Waals surface area (Å²) in [6, 6.07) is 10.3. The van der Waals surface area contributed by atoms with Crippen molar-refractivity contribution in [1.82, 2.24) is 19.9 Å². The number of amides is 1. The van der Waals surface area contributed by atoms with Gasteiger partial charge in [-0.25, -0.2) is 13.5 Å². The maximum Gasteiger partial charge on any atom is 0.253 e. The molecule has 2 aromatic carbocycles. The second-order valence-electron chi connectivity index (χ2n) is 6.20. The van der Waals surface area contributed by atoms with Crippen LogP contribution in [0.1, 0.15) is 29.2 Å². The molecule has 5 nitrogen and oxygen atoms in total. The van der Waals surface area contributed by atoms with E-state index in [0.29, 0.717) is 24.2 Å². The SMILES string of the molecule is O=C(c1cccc(F)c1)N1CCC(n2nnc3cc(F)ccc32)CC1. The van der Waals surface area contributed by atoms with Crippen LogP contribution in [0.25, 0.3) is 11.0 Å². The summed E-state index contributed by atoms with van der Waals surface area (Å²) in [4.78, 5) is 14.2. The molecule has 0 unspecified atom stereocenters. The van der Waals surface area contributed by atoms with Crippen LogP contribution in [-0.2, 0) is 0 Å². The summed E-state index contributed by atoms with van der Waals surface area (Å²) < 4.78 is 28.4. The third-order valence-corrected chi connectivity index (χ3v) is 4.60. The number of carbonyl (C=O) groups is 1. The van der Waals surface area contributed by atoms with Crippen molar-refractivity contribution in [3.63, 3.8) is 0 Å². The molecule has 25 heavy (non-hydrogen) atoms. The standard InChI is InChI=1S/C18H16F2N4O/c19-13-3-1-2-12(10-13)18(25)23-8-6-15(7-9-23)24-17-5-4-14(20)11-16(17)21-22-24/h1-5,10-11,15H,6-9H2. The van der Waals surface area contributed by atoms with E-state index in [4.69, 9.17) is 0 Å². The Labute approximate surface area is 142 Å². The highest BCUT2D eigenvalue weighted by atomic mass is 19.1. The quantitative estimate of drug-likeness (QED) is 0.719. The van der Waals surface area contributed by atoms with Gasteiger partial charge in [0.2, 0.25) is 0 Å². The fourth-order valence-corrected chi connectivity index (χ4v) is 3.30. The zero-order valence-corrected chi connectivity index (χ0v) is 13.4. The molecule has 2 heterocycles. The fourth-order valence-electron chi connectivity index (χ4n) is 3.30. The van der Waals surface area contributed by atoms with Gasteiger partial charge in [-0.05, 0) is 43.2 Å². The summed E-state index contributed by atoms with van der Waals surface area (Å²) in [5.41, 5.74) is 1.68. The third kappa shape index (κ3) is 2.97. The van der Waals surface area contributed by atoms with Crippen LogP contribution in [0, 0.1) is 11.6 Å². The van der Waals surface area contributed by atoms with Crippen LogP contribution in [0.2, 0.25) is 0 Å². The molecule has 7 heteroatoms. The summed E-state index contributed by atoms with van der Waals surface area (Å²) in [5.74, 6) is -0.916. The zero-order chi connectivity index (χ0) is 17.4. The third-order valence-electron chi connectivity index (χ3n) is 4.60. The summed E-state index contributed by atoms with van der Waals surface area (Å²) in [6.07, 6.45) is 1.44. The molecule has 1 saturated heterocycles. The molecule has 0 spiro atoms. The van der Waals surface area contributed by atoms with Crippen molar-refractivity contribution >= 4 is 16.9 Å². The van der Waals surface area contributed by atoms with E-state index in [1.807, 2.05) is 0 Å². The number of carbonyl (C=O) groups excluding carboxylic acids is 1. The highest BCUT2D eigenvalue weighted by Crippen LogP contribution is 2.26. The molecule has 0 bridgehead atoms. The minimum absolute atomic E-state index is 0.104. The molecular formula is C18H16F2N4O. The average Bonchev–Trinajstić information content (AvgIpc) is 3.04. The van der Waals surface area contributed by atoms with Crippen LogP contribution in [0.5, 0.6) is 0 Å². The van der Waals surface area contributed by atoms with Gasteiger partial charge in [0.05, 0.1) is 11.6 Å². The first-order valence-electron chi connectivity index (χ1n) is 8.17. The molecule has 1 aliphatic heterocycles. The molecule has 1 aliphatic rings. The lowest BCUT2D eigenvalue weighted by Gasteiger charge is -2.32. The Hall–Kier alpha value is -2.83. The summed E-state index contributed by atoms with van der Waals surface area (Å²) >= 11 is 0. The molecule has 1 fully saturated rings. The number of nitrogens with zero attached hydrogens (tertiary/aromatic N) is 4. The van der Waals surface area contributed by atoms with Gasteiger partial charge in [-0.3, -0.25) is 4.79 Å². The number of piperidine rings is 1. The summed E-state index contributed by atoms with van der Waals surface area (Å²) in [7, 11) is 0. The van der Waals surface area contributed by atoms with Crippen molar-refractivity contribution in [2.75, 3.05) is 13.1 Å². The van der Waals surface area contributed by atoms with Crippen molar-refractivity contribution in [3.05, 3.63) is 59.7 Å². The van der Waals surface area contributed by atoms with Crippen molar-refractivity contribution in [3.8, 4) is 0 Å². The van der Waals surface area contributed by atoms with Gasteiger partial charge in [-0.2, -0.15) is 0 Å². The molecule has 0 atom stereocenters. The fraction of sp³-hybridized carbons (Fsp3) is 0.278. The largest absolute Gasteiger partial charge is 0.338 e. The predicted molar refractivity (Wildman–Crippen MR) is 88.1 cm³/mol. The lowest BCUT2D eigenvalue weighted by Crippen LogP contribution is -2.39. The molecule has 0 radical (unpaired) electrons. The highest BCUT2D eigenvalue weighted by molar-refractivity contribution is 5.94. The molecule has 0 saturated carbocycles. The van der Waals surface area contributed by atoms with Gasteiger partial charge < -0.3 is 4.90 Å². The van der Waals surface area contributed by atoms with Crippen LogP contribution in [-0.4, -0.2) is 38.9 Å². The van der Waals surface area contributed by atoms with Gasteiger partial charge in [0, 0.05) is 24.7 Å². The number of fused-ring (bicyclic) bond motifs is 1. The van der Waals surface area contributed by atoms with E-state index < -0.39 is 5.82 Å². The van der Waals surface area contributed by atoms with E-state index >= 15 is 0 Å². The van der Waals surface area contributed by atoms with E-state index in [9.17, 15) is 13.6 Å². The Morgan fingerprint density at radius 1 is 1.04 bits per heavy atom. The van der Waals surface area contributed by atoms with Gasteiger partial charge in [-0.1, -0.05) is 11.3 Å². The topological polar surface area (TPSA) is 51.0 Å².